The van der Waals surface area contributed by atoms with Gasteiger partial charge < -0.3 is 23.6 Å². The zero-order chi connectivity index (χ0) is 26.0. The zero-order valence-corrected chi connectivity index (χ0v) is 24.6. The molecular weight excluding hydrogens is 461 g/mol. The molecule has 0 aromatic carbocycles. The van der Waals surface area contributed by atoms with Crippen LogP contribution in [0.15, 0.2) is 0 Å². The van der Waals surface area contributed by atoms with E-state index in [-0.39, 0.29) is 11.7 Å². The van der Waals surface area contributed by atoms with Crippen LogP contribution >= 0.6 is 8.60 Å². The first-order valence-electron chi connectivity index (χ1n) is 14.6. The maximum Gasteiger partial charge on any atom is 0.329 e. The molecule has 0 radical (unpaired) electrons. The SMILES string of the molecule is CCCCCCCCCCCCCCOCC(COP(O)OCCCC[NH+](C)C)CC(=O)CCC. The van der Waals surface area contributed by atoms with Crippen molar-refractivity contribution in [2.24, 2.45) is 5.92 Å². The van der Waals surface area contributed by atoms with Gasteiger partial charge in [0.25, 0.3) is 0 Å². The van der Waals surface area contributed by atoms with Crippen molar-refractivity contribution in [3.63, 3.8) is 0 Å². The van der Waals surface area contributed by atoms with Gasteiger partial charge in [0.05, 0.1) is 40.5 Å². The van der Waals surface area contributed by atoms with Gasteiger partial charge in [-0.3, -0.25) is 4.79 Å². The van der Waals surface area contributed by atoms with Gasteiger partial charge in [0, 0.05) is 25.4 Å². The van der Waals surface area contributed by atoms with Crippen molar-refractivity contribution in [3.05, 3.63) is 0 Å². The van der Waals surface area contributed by atoms with E-state index in [2.05, 4.69) is 21.0 Å². The van der Waals surface area contributed by atoms with Crippen LogP contribution in [0.4, 0.5) is 0 Å². The van der Waals surface area contributed by atoms with E-state index in [0.717, 1.165) is 38.8 Å². The van der Waals surface area contributed by atoms with E-state index in [1.54, 1.807) is 0 Å². The van der Waals surface area contributed by atoms with Gasteiger partial charge in [-0.25, -0.2) is 0 Å². The Kier molecular flexibility index (Phi) is 26.9. The van der Waals surface area contributed by atoms with Crippen LogP contribution in [0.25, 0.3) is 0 Å². The molecule has 2 atom stereocenters. The number of unbranched alkanes of at least 4 members (excludes halogenated alkanes) is 12. The van der Waals surface area contributed by atoms with Gasteiger partial charge in [-0.05, 0) is 25.7 Å². The monoisotopic (exact) mass is 520 g/mol. The lowest BCUT2D eigenvalue weighted by molar-refractivity contribution is -0.858. The van der Waals surface area contributed by atoms with Crippen LogP contribution in [0.5, 0.6) is 0 Å². The Morgan fingerprint density at radius 3 is 1.89 bits per heavy atom. The molecule has 0 saturated heterocycles. The molecule has 6 nitrogen and oxygen atoms in total. The van der Waals surface area contributed by atoms with Gasteiger partial charge in [0.15, 0.2) is 0 Å². The molecule has 2 N–H and O–H groups in total. The number of quaternary nitrogens is 1. The fourth-order valence-electron chi connectivity index (χ4n) is 4.09. The predicted molar refractivity (Wildman–Crippen MR) is 148 cm³/mol. The molecule has 0 aliphatic carbocycles. The van der Waals surface area contributed by atoms with Gasteiger partial charge in [0.1, 0.15) is 5.78 Å². The van der Waals surface area contributed by atoms with Crippen molar-refractivity contribution < 1.29 is 28.4 Å². The van der Waals surface area contributed by atoms with E-state index < -0.39 is 8.60 Å². The highest BCUT2D eigenvalue weighted by Crippen LogP contribution is 2.34. The standard InChI is InChI=1S/C28H58NO5P/c1-5-7-8-9-10-11-12-13-14-15-16-18-22-32-25-27(24-28(30)20-6-2)26-34-35(31)33-23-19-17-21-29(3)4/h27,31H,5-26H2,1-4H3/p+1. The highest BCUT2D eigenvalue weighted by molar-refractivity contribution is 7.40. The summed E-state index contributed by atoms with van der Waals surface area (Å²) in [7, 11) is 2.37. The average molecular weight is 521 g/mol. The summed E-state index contributed by atoms with van der Waals surface area (Å²) in [5.74, 6) is 0.217. The number of nitrogens with one attached hydrogen (secondary N) is 1. The molecule has 0 saturated carbocycles. The van der Waals surface area contributed by atoms with Gasteiger partial charge in [-0.2, -0.15) is 0 Å². The van der Waals surface area contributed by atoms with Crippen LogP contribution in [-0.4, -0.2) is 57.7 Å². The highest BCUT2D eigenvalue weighted by Gasteiger charge is 2.17. The van der Waals surface area contributed by atoms with Crippen molar-refractivity contribution in [1.82, 2.24) is 0 Å². The number of Topliss-reactive ketones (excluding diaryl/α,β-unsaturated/α-hetero) is 1. The molecule has 7 heteroatoms. The number of carbonyl (C=O) groups excluding carboxylic acids is 1. The minimum absolute atomic E-state index is 0.0236. The maximum absolute atomic E-state index is 12.1. The molecule has 0 aromatic rings. The third-order valence-electron chi connectivity index (χ3n) is 6.23. The molecule has 0 aromatic heterocycles. The topological polar surface area (TPSA) is 69.4 Å². The number of ketones is 1. The zero-order valence-electron chi connectivity index (χ0n) is 23.7. The third kappa shape index (κ3) is 26.8. The number of carbonyl (C=O) groups is 1. The number of hydrogen-bond donors (Lipinski definition) is 2. The first-order valence-corrected chi connectivity index (χ1v) is 15.8. The van der Waals surface area contributed by atoms with Crippen LogP contribution in [0.1, 0.15) is 123 Å². The van der Waals surface area contributed by atoms with Gasteiger partial charge in [-0.1, -0.05) is 84.5 Å². The molecule has 210 valence electrons. The molecule has 2 unspecified atom stereocenters. The summed E-state index contributed by atoms with van der Waals surface area (Å²) in [5.41, 5.74) is 0. The third-order valence-corrected chi connectivity index (χ3v) is 7.01. The quantitative estimate of drug-likeness (QED) is 0.0942. The highest BCUT2D eigenvalue weighted by atomic mass is 31.2. The van der Waals surface area contributed by atoms with Crippen molar-refractivity contribution in [3.8, 4) is 0 Å². The Morgan fingerprint density at radius 1 is 0.743 bits per heavy atom. The van der Waals surface area contributed by atoms with Crippen LogP contribution in [0, 0.1) is 5.92 Å². The summed E-state index contributed by atoms with van der Waals surface area (Å²) in [6.45, 7) is 7.42. The summed E-state index contributed by atoms with van der Waals surface area (Å²) in [6, 6.07) is 0. The summed E-state index contributed by atoms with van der Waals surface area (Å²) in [6.07, 6.45) is 19.8. The summed E-state index contributed by atoms with van der Waals surface area (Å²) in [4.78, 5) is 23.6. The Morgan fingerprint density at radius 2 is 1.31 bits per heavy atom. The minimum atomic E-state index is -1.89. The van der Waals surface area contributed by atoms with Crippen molar-refractivity contribution in [2.45, 2.75) is 123 Å². The van der Waals surface area contributed by atoms with E-state index in [0.29, 0.717) is 32.7 Å². The molecule has 0 fully saturated rings. The van der Waals surface area contributed by atoms with E-state index in [1.165, 1.54) is 75.5 Å². The van der Waals surface area contributed by atoms with E-state index in [4.69, 9.17) is 13.8 Å². The largest absolute Gasteiger partial charge is 0.381 e. The Bertz CT molecular complexity index is 453. The van der Waals surface area contributed by atoms with E-state index in [9.17, 15) is 9.69 Å². The lowest BCUT2D eigenvalue weighted by Crippen LogP contribution is -3.05. The molecular formula is C28H59NO5P+. The average Bonchev–Trinajstić information content (AvgIpc) is 2.82. The summed E-state index contributed by atoms with van der Waals surface area (Å²) >= 11 is 0. The molecule has 0 aliphatic rings. The first-order chi connectivity index (χ1) is 17.0. The molecule has 0 amide bonds. The van der Waals surface area contributed by atoms with Gasteiger partial charge in [0.2, 0.25) is 0 Å². The second kappa shape index (κ2) is 26.9. The van der Waals surface area contributed by atoms with E-state index in [1.807, 2.05) is 6.92 Å². The normalized spacial score (nSPS) is 13.4. The molecule has 0 aliphatic heterocycles. The van der Waals surface area contributed by atoms with E-state index >= 15 is 0 Å². The van der Waals surface area contributed by atoms with Gasteiger partial charge >= 0.3 is 8.60 Å². The molecule has 0 spiro atoms. The van der Waals surface area contributed by atoms with Gasteiger partial charge in [-0.15, -0.1) is 0 Å². The smallest absolute Gasteiger partial charge is 0.329 e. The van der Waals surface area contributed by atoms with Crippen molar-refractivity contribution >= 4 is 14.4 Å². The fourth-order valence-corrected chi connectivity index (χ4v) is 4.79. The molecule has 0 heterocycles. The lowest BCUT2D eigenvalue weighted by Gasteiger charge is -2.18. The summed E-state index contributed by atoms with van der Waals surface area (Å²) < 4.78 is 16.8. The summed E-state index contributed by atoms with van der Waals surface area (Å²) in [5, 5.41) is 0. The fraction of sp³-hybridized carbons (Fsp3) is 0.964. The Balaban J connectivity index is 3.86. The van der Waals surface area contributed by atoms with Crippen LogP contribution in [0.2, 0.25) is 0 Å². The number of hydrogen-bond acceptors (Lipinski definition) is 5. The van der Waals surface area contributed by atoms with Crippen molar-refractivity contribution in [2.75, 3.05) is 47.1 Å². The van der Waals surface area contributed by atoms with Crippen LogP contribution in [-0.2, 0) is 18.6 Å². The number of ether oxygens (including phenoxy) is 1. The predicted octanol–water partition coefficient (Wildman–Crippen LogP) is 6.26. The minimum Gasteiger partial charge on any atom is -0.381 e. The second-order valence-electron chi connectivity index (χ2n) is 10.4. The molecule has 0 bridgehead atoms. The lowest BCUT2D eigenvalue weighted by atomic mass is 10.0. The maximum atomic E-state index is 12.1. The Hall–Kier alpha value is -0.100. The second-order valence-corrected chi connectivity index (χ2v) is 11.3. The number of rotatable bonds is 28. The van der Waals surface area contributed by atoms with Crippen LogP contribution < -0.4 is 4.90 Å². The van der Waals surface area contributed by atoms with Crippen molar-refractivity contribution in [1.29, 1.82) is 0 Å². The Labute approximate surface area is 218 Å². The molecule has 0 rings (SSSR count). The molecule has 35 heavy (non-hydrogen) atoms. The first kappa shape index (κ1) is 34.9. The van der Waals surface area contributed by atoms with Crippen LogP contribution in [0.3, 0.4) is 0 Å².